The number of nitrogen functional groups attached to an aromatic ring is 2. The molecule has 0 fully saturated rings. The summed E-state index contributed by atoms with van der Waals surface area (Å²) in [6.45, 7) is 0. The molecular formula is C7H7F3N2. The van der Waals surface area contributed by atoms with Gasteiger partial charge in [0.25, 0.3) is 6.43 Å². The van der Waals surface area contributed by atoms with Crippen molar-refractivity contribution in [1.29, 1.82) is 0 Å². The van der Waals surface area contributed by atoms with Crippen molar-refractivity contribution in [3.63, 3.8) is 0 Å². The maximum absolute atomic E-state index is 12.5. The first-order valence-corrected chi connectivity index (χ1v) is 3.15. The highest BCUT2D eigenvalue weighted by Crippen LogP contribution is 2.30. The van der Waals surface area contributed by atoms with E-state index in [1.165, 1.54) is 0 Å². The molecular weight excluding hydrogens is 169 g/mol. The number of alkyl halides is 2. The molecule has 0 bridgehead atoms. The summed E-state index contributed by atoms with van der Waals surface area (Å²) >= 11 is 0. The first-order valence-electron chi connectivity index (χ1n) is 3.15. The monoisotopic (exact) mass is 176 g/mol. The van der Waals surface area contributed by atoms with Crippen LogP contribution in [0.3, 0.4) is 0 Å². The van der Waals surface area contributed by atoms with Crippen LogP contribution in [-0.4, -0.2) is 0 Å². The van der Waals surface area contributed by atoms with E-state index in [9.17, 15) is 13.2 Å². The molecule has 0 aliphatic heterocycles. The van der Waals surface area contributed by atoms with E-state index in [0.717, 1.165) is 12.1 Å². The molecule has 0 aliphatic carbocycles. The minimum atomic E-state index is -2.77. The SMILES string of the molecule is Nc1cc(F)cc(N)c1C(F)F. The van der Waals surface area contributed by atoms with Crippen molar-refractivity contribution >= 4 is 11.4 Å². The molecule has 0 heterocycles. The van der Waals surface area contributed by atoms with E-state index < -0.39 is 17.8 Å². The minimum absolute atomic E-state index is 0.317. The Kier molecular flexibility index (Phi) is 2.12. The molecule has 0 amide bonds. The Morgan fingerprint density at radius 2 is 1.50 bits per heavy atom. The second-order valence-corrected chi connectivity index (χ2v) is 2.30. The highest BCUT2D eigenvalue weighted by molar-refractivity contribution is 5.62. The standard InChI is InChI=1S/C7H7F3N2/c8-3-1-4(11)6(7(9)10)5(12)2-3/h1-2,7H,11-12H2. The lowest BCUT2D eigenvalue weighted by Gasteiger charge is -2.07. The molecule has 0 unspecified atom stereocenters. The Labute approximate surface area is 67.0 Å². The van der Waals surface area contributed by atoms with Gasteiger partial charge in [0.15, 0.2) is 0 Å². The van der Waals surface area contributed by atoms with Gasteiger partial charge in [-0.15, -0.1) is 0 Å². The van der Waals surface area contributed by atoms with E-state index in [2.05, 4.69) is 0 Å². The van der Waals surface area contributed by atoms with Crippen LogP contribution < -0.4 is 11.5 Å². The number of hydrogen-bond donors (Lipinski definition) is 2. The van der Waals surface area contributed by atoms with E-state index in [4.69, 9.17) is 11.5 Å². The molecule has 0 saturated carbocycles. The molecule has 1 aromatic rings. The lowest BCUT2D eigenvalue weighted by Crippen LogP contribution is -2.01. The van der Waals surface area contributed by atoms with E-state index in [1.807, 2.05) is 0 Å². The zero-order chi connectivity index (χ0) is 9.30. The van der Waals surface area contributed by atoms with Crippen molar-refractivity contribution in [3.05, 3.63) is 23.5 Å². The Morgan fingerprint density at radius 1 is 1.08 bits per heavy atom. The fraction of sp³-hybridized carbons (Fsp3) is 0.143. The van der Waals surface area contributed by atoms with Crippen molar-refractivity contribution in [2.75, 3.05) is 11.5 Å². The Bertz CT molecular complexity index is 276. The van der Waals surface area contributed by atoms with E-state index in [1.54, 1.807) is 0 Å². The van der Waals surface area contributed by atoms with Crippen molar-refractivity contribution in [1.82, 2.24) is 0 Å². The van der Waals surface area contributed by atoms with Gasteiger partial charge >= 0.3 is 0 Å². The molecule has 2 nitrogen and oxygen atoms in total. The van der Waals surface area contributed by atoms with Gasteiger partial charge in [0.1, 0.15) is 5.82 Å². The molecule has 1 aromatic carbocycles. The van der Waals surface area contributed by atoms with E-state index >= 15 is 0 Å². The summed E-state index contributed by atoms with van der Waals surface area (Å²) in [6, 6.07) is 1.63. The average molecular weight is 176 g/mol. The summed E-state index contributed by atoms with van der Waals surface area (Å²) in [5.74, 6) is -0.714. The number of halogens is 3. The molecule has 0 atom stereocenters. The number of rotatable bonds is 1. The third kappa shape index (κ3) is 1.44. The summed E-state index contributed by atoms with van der Waals surface area (Å²) < 4.78 is 36.7. The topological polar surface area (TPSA) is 52.0 Å². The summed E-state index contributed by atoms with van der Waals surface area (Å²) in [5, 5.41) is 0. The lowest BCUT2D eigenvalue weighted by molar-refractivity contribution is 0.153. The zero-order valence-electron chi connectivity index (χ0n) is 6.02. The molecule has 0 radical (unpaired) electrons. The van der Waals surface area contributed by atoms with Gasteiger partial charge in [-0.05, 0) is 12.1 Å². The third-order valence-electron chi connectivity index (χ3n) is 1.43. The average Bonchev–Trinajstić information content (AvgIpc) is 1.82. The molecule has 0 saturated heterocycles. The second-order valence-electron chi connectivity index (χ2n) is 2.30. The summed E-state index contributed by atoms with van der Waals surface area (Å²) in [5.41, 5.74) is 9.11. The van der Waals surface area contributed by atoms with Gasteiger partial charge in [-0.3, -0.25) is 0 Å². The largest absolute Gasteiger partial charge is 0.398 e. The molecule has 66 valence electrons. The number of nitrogens with two attached hydrogens (primary N) is 2. The van der Waals surface area contributed by atoms with Gasteiger partial charge in [-0.1, -0.05) is 0 Å². The molecule has 12 heavy (non-hydrogen) atoms. The predicted octanol–water partition coefficient (Wildman–Crippen LogP) is 1.93. The molecule has 4 N–H and O–H groups in total. The Balaban J connectivity index is 3.28. The van der Waals surface area contributed by atoms with Crippen molar-refractivity contribution < 1.29 is 13.2 Å². The van der Waals surface area contributed by atoms with Crippen LogP contribution in [0.4, 0.5) is 24.5 Å². The normalized spacial score (nSPS) is 10.7. The summed E-state index contributed by atoms with van der Waals surface area (Å²) in [7, 11) is 0. The molecule has 5 heteroatoms. The Hall–Kier alpha value is -1.39. The number of anilines is 2. The maximum Gasteiger partial charge on any atom is 0.267 e. The number of benzene rings is 1. The van der Waals surface area contributed by atoms with Crippen LogP contribution in [0.15, 0.2) is 12.1 Å². The van der Waals surface area contributed by atoms with Crippen LogP contribution in [0.1, 0.15) is 12.0 Å². The van der Waals surface area contributed by atoms with Crippen LogP contribution in [0.2, 0.25) is 0 Å². The smallest absolute Gasteiger partial charge is 0.267 e. The molecule has 0 spiro atoms. The van der Waals surface area contributed by atoms with Gasteiger partial charge in [0.05, 0.1) is 5.56 Å². The van der Waals surface area contributed by atoms with Gasteiger partial charge in [-0.25, -0.2) is 13.2 Å². The highest BCUT2D eigenvalue weighted by Gasteiger charge is 2.15. The second kappa shape index (κ2) is 2.92. The van der Waals surface area contributed by atoms with Crippen molar-refractivity contribution in [2.24, 2.45) is 0 Å². The van der Waals surface area contributed by atoms with E-state index in [0.29, 0.717) is 0 Å². The Morgan fingerprint density at radius 3 is 1.83 bits per heavy atom. The first-order chi connectivity index (χ1) is 5.52. The number of hydrogen-bond acceptors (Lipinski definition) is 2. The first kappa shape index (κ1) is 8.70. The lowest BCUT2D eigenvalue weighted by atomic mass is 10.1. The van der Waals surface area contributed by atoms with Crippen LogP contribution in [0.25, 0.3) is 0 Å². The van der Waals surface area contributed by atoms with Gasteiger partial charge in [0.2, 0.25) is 0 Å². The van der Waals surface area contributed by atoms with Crippen molar-refractivity contribution in [3.8, 4) is 0 Å². The fourth-order valence-corrected chi connectivity index (χ4v) is 0.913. The molecule has 0 aliphatic rings. The zero-order valence-corrected chi connectivity index (χ0v) is 6.02. The van der Waals surface area contributed by atoms with Crippen LogP contribution in [0, 0.1) is 5.82 Å². The fourth-order valence-electron chi connectivity index (χ4n) is 0.913. The van der Waals surface area contributed by atoms with Gasteiger partial charge in [0, 0.05) is 11.4 Å². The summed E-state index contributed by atoms with van der Waals surface area (Å²) in [6.07, 6.45) is -2.77. The highest BCUT2D eigenvalue weighted by atomic mass is 19.3. The van der Waals surface area contributed by atoms with E-state index in [-0.39, 0.29) is 11.4 Å². The molecule has 1 rings (SSSR count). The summed E-state index contributed by atoms with van der Waals surface area (Å²) in [4.78, 5) is 0. The minimum Gasteiger partial charge on any atom is -0.398 e. The van der Waals surface area contributed by atoms with Crippen LogP contribution >= 0.6 is 0 Å². The predicted molar refractivity (Wildman–Crippen MR) is 40.2 cm³/mol. The molecule has 0 aromatic heterocycles. The van der Waals surface area contributed by atoms with Crippen LogP contribution in [0.5, 0.6) is 0 Å². The third-order valence-corrected chi connectivity index (χ3v) is 1.43. The van der Waals surface area contributed by atoms with Gasteiger partial charge in [-0.2, -0.15) is 0 Å². The quantitative estimate of drug-likeness (QED) is 0.642. The van der Waals surface area contributed by atoms with Crippen LogP contribution in [-0.2, 0) is 0 Å². The van der Waals surface area contributed by atoms with Gasteiger partial charge < -0.3 is 11.5 Å². The van der Waals surface area contributed by atoms with Crippen molar-refractivity contribution in [2.45, 2.75) is 6.43 Å². The maximum atomic E-state index is 12.5.